The molecule has 1 aliphatic carbocycles. The van der Waals surface area contributed by atoms with Crippen LogP contribution in [0, 0.1) is 5.82 Å². The van der Waals surface area contributed by atoms with Gasteiger partial charge in [-0.2, -0.15) is 0 Å². The molecule has 1 aliphatic rings. The number of halogens is 1. The summed E-state index contributed by atoms with van der Waals surface area (Å²) in [4.78, 5) is 40.8. The molecule has 8 heteroatoms. The summed E-state index contributed by atoms with van der Waals surface area (Å²) in [6.45, 7) is -0.378. The summed E-state index contributed by atoms with van der Waals surface area (Å²) in [5, 5.41) is 5.66. The van der Waals surface area contributed by atoms with Gasteiger partial charge in [0.05, 0.1) is 12.8 Å². The Labute approximate surface area is 203 Å². The van der Waals surface area contributed by atoms with Gasteiger partial charge in [-0.3, -0.25) is 19.3 Å². The third-order valence-corrected chi connectivity index (χ3v) is 6.09. The fourth-order valence-corrected chi connectivity index (χ4v) is 4.35. The number of hydrogen-bond acceptors (Lipinski definition) is 4. The fraction of sp³-hybridized carbons (Fsp3) is 0.296. The van der Waals surface area contributed by atoms with Crippen LogP contribution >= 0.6 is 0 Å². The van der Waals surface area contributed by atoms with Gasteiger partial charge in [-0.15, -0.1) is 0 Å². The highest BCUT2D eigenvalue weighted by Gasteiger charge is 2.34. The highest BCUT2D eigenvalue weighted by atomic mass is 19.1. The third kappa shape index (κ3) is 6.15. The van der Waals surface area contributed by atoms with Gasteiger partial charge in [-0.05, 0) is 54.8 Å². The molecule has 0 radical (unpaired) electrons. The maximum atomic E-state index is 13.7. The standard InChI is InChI=1S/C27H28FN3O4/c28-20-13-15-22(16-14-20)31(24(32)18-29-26(33)23-12-7-17-35-23)25(19-8-3-1-4-9-19)27(34)30-21-10-5-2-6-11-21/h1,3-4,7-9,12-17,21,25H,2,5-6,10-11,18H2,(H,29,33)(H,30,34). The number of nitrogens with zero attached hydrogens (tertiary/aromatic N) is 1. The van der Waals surface area contributed by atoms with E-state index in [1.807, 2.05) is 6.07 Å². The molecule has 0 spiro atoms. The van der Waals surface area contributed by atoms with Crippen molar-refractivity contribution in [2.24, 2.45) is 0 Å². The van der Waals surface area contributed by atoms with E-state index in [2.05, 4.69) is 10.6 Å². The normalized spacial score (nSPS) is 14.7. The molecule has 0 aliphatic heterocycles. The molecule has 1 saturated carbocycles. The van der Waals surface area contributed by atoms with E-state index in [1.165, 1.54) is 41.5 Å². The summed E-state index contributed by atoms with van der Waals surface area (Å²) in [6.07, 6.45) is 6.36. The summed E-state index contributed by atoms with van der Waals surface area (Å²) in [5.41, 5.74) is 0.951. The first kappa shape index (κ1) is 24.2. The van der Waals surface area contributed by atoms with Crippen LogP contribution < -0.4 is 15.5 Å². The predicted octanol–water partition coefficient (Wildman–Crippen LogP) is 4.37. The molecule has 7 nitrogen and oxygen atoms in total. The second-order valence-electron chi connectivity index (χ2n) is 8.56. The van der Waals surface area contributed by atoms with E-state index in [0.717, 1.165) is 32.1 Å². The summed E-state index contributed by atoms with van der Waals surface area (Å²) < 4.78 is 18.8. The van der Waals surface area contributed by atoms with Crippen LogP contribution in [0.1, 0.15) is 54.3 Å². The quantitative estimate of drug-likeness (QED) is 0.504. The van der Waals surface area contributed by atoms with E-state index in [1.54, 1.807) is 30.3 Å². The summed E-state index contributed by atoms with van der Waals surface area (Å²) in [5.74, 6) is -1.79. The maximum Gasteiger partial charge on any atom is 0.287 e. The number of anilines is 1. The van der Waals surface area contributed by atoms with E-state index in [9.17, 15) is 18.8 Å². The molecule has 2 N–H and O–H groups in total. The molecule has 1 atom stereocenters. The maximum absolute atomic E-state index is 13.7. The molecule has 1 aromatic heterocycles. The number of carbonyl (C=O) groups excluding carboxylic acids is 3. The predicted molar refractivity (Wildman–Crippen MR) is 129 cm³/mol. The van der Waals surface area contributed by atoms with Crippen LogP contribution in [-0.2, 0) is 9.59 Å². The molecule has 3 aromatic rings. The van der Waals surface area contributed by atoms with Crippen molar-refractivity contribution < 1.29 is 23.2 Å². The number of furan rings is 1. The van der Waals surface area contributed by atoms with Crippen molar-refractivity contribution in [3.05, 3.63) is 90.1 Å². The molecule has 35 heavy (non-hydrogen) atoms. The van der Waals surface area contributed by atoms with E-state index in [0.29, 0.717) is 11.3 Å². The van der Waals surface area contributed by atoms with Gasteiger partial charge >= 0.3 is 0 Å². The van der Waals surface area contributed by atoms with Crippen molar-refractivity contribution in [3.8, 4) is 0 Å². The Hall–Kier alpha value is -3.94. The average molecular weight is 478 g/mol. The SMILES string of the molecule is O=C(NCC(=O)N(c1ccc(F)cc1)C(C(=O)NC1CCCCC1)c1ccccc1)c1ccco1. The third-order valence-electron chi connectivity index (χ3n) is 6.09. The smallest absolute Gasteiger partial charge is 0.287 e. The van der Waals surface area contributed by atoms with Gasteiger partial charge in [0, 0.05) is 11.7 Å². The van der Waals surface area contributed by atoms with Crippen LogP contribution in [0.5, 0.6) is 0 Å². The monoisotopic (exact) mass is 477 g/mol. The fourth-order valence-electron chi connectivity index (χ4n) is 4.35. The zero-order valence-corrected chi connectivity index (χ0v) is 19.3. The number of nitrogens with one attached hydrogen (secondary N) is 2. The second-order valence-corrected chi connectivity index (χ2v) is 8.56. The Bertz CT molecular complexity index is 1130. The molecule has 182 valence electrons. The molecule has 0 saturated heterocycles. The average Bonchev–Trinajstić information content (AvgIpc) is 3.43. The molecule has 1 unspecified atom stereocenters. The van der Waals surface area contributed by atoms with Crippen molar-refractivity contribution in [3.63, 3.8) is 0 Å². The largest absolute Gasteiger partial charge is 0.459 e. The molecule has 1 heterocycles. The van der Waals surface area contributed by atoms with Gasteiger partial charge < -0.3 is 15.1 Å². The summed E-state index contributed by atoms with van der Waals surface area (Å²) in [7, 11) is 0. The van der Waals surface area contributed by atoms with Crippen molar-refractivity contribution in [1.29, 1.82) is 0 Å². The Morgan fingerprint density at radius 2 is 1.66 bits per heavy atom. The van der Waals surface area contributed by atoms with Gasteiger partial charge in [0.25, 0.3) is 5.91 Å². The van der Waals surface area contributed by atoms with Gasteiger partial charge in [0.15, 0.2) is 5.76 Å². The van der Waals surface area contributed by atoms with Gasteiger partial charge in [-0.1, -0.05) is 49.6 Å². The van der Waals surface area contributed by atoms with E-state index in [-0.39, 0.29) is 24.3 Å². The number of rotatable bonds is 8. The zero-order valence-electron chi connectivity index (χ0n) is 19.3. The van der Waals surface area contributed by atoms with Crippen LogP contribution in [0.2, 0.25) is 0 Å². The first-order valence-electron chi connectivity index (χ1n) is 11.8. The zero-order chi connectivity index (χ0) is 24.6. The Balaban J connectivity index is 1.65. The van der Waals surface area contributed by atoms with Crippen molar-refractivity contribution in [1.82, 2.24) is 10.6 Å². The van der Waals surface area contributed by atoms with Crippen LogP contribution in [0.3, 0.4) is 0 Å². The van der Waals surface area contributed by atoms with E-state index in [4.69, 9.17) is 4.42 Å². The highest BCUT2D eigenvalue weighted by molar-refractivity contribution is 6.04. The number of hydrogen-bond donors (Lipinski definition) is 2. The molecule has 2 aromatic carbocycles. The Kier molecular flexibility index (Phi) is 7.92. The van der Waals surface area contributed by atoms with Gasteiger partial charge in [-0.25, -0.2) is 4.39 Å². The number of amides is 3. The van der Waals surface area contributed by atoms with Crippen molar-refractivity contribution in [2.45, 2.75) is 44.2 Å². The highest BCUT2D eigenvalue weighted by Crippen LogP contribution is 2.29. The second kappa shape index (κ2) is 11.5. The topological polar surface area (TPSA) is 91.7 Å². The van der Waals surface area contributed by atoms with E-state index >= 15 is 0 Å². The molecular formula is C27H28FN3O4. The van der Waals surface area contributed by atoms with Crippen LogP contribution in [0.25, 0.3) is 0 Å². The molecule has 0 bridgehead atoms. The first-order chi connectivity index (χ1) is 17.0. The minimum absolute atomic E-state index is 0.0336. The number of benzene rings is 2. The van der Waals surface area contributed by atoms with Gasteiger partial charge in [0.1, 0.15) is 11.9 Å². The summed E-state index contributed by atoms with van der Waals surface area (Å²) >= 11 is 0. The Morgan fingerprint density at radius 1 is 0.943 bits per heavy atom. The van der Waals surface area contributed by atoms with Crippen molar-refractivity contribution in [2.75, 3.05) is 11.4 Å². The lowest BCUT2D eigenvalue weighted by atomic mass is 9.94. The Morgan fingerprint density at radius 3 is 2.31 bits per heavy atom. The van der Waals surface area contributed by atoms with Crippen LogP contribution in [0.15, 0.2) is 77.4 Å². The van der Waals surface area contributed by atoms with Crippen LogP contribution in [-0.4, -0.2) is 30.3 Å². The first-order valence-corrected chi connectivity index (χ1v) is 11.8. The minimum Gasteiger partial charge on any atom is -0.459 e. The van der Waals surface area contributed by atoms with Crippen LogP contribution in [0.4, 0.5) is 10.1 Å². The molecule has 3 amide bonds. The lowest BCUT2D eigenvalue weighted by Crippen LogP contribution is -2.49. The lowest BCUT2D eigenvalue weighted by Gasteiger charge is -2.33. The molecule has 1 fully saturated rings. The lowest BCUT2D eigenvalue weighted by molar-refractivity contribution is -0.127. The van der Waals surface area contributed by atoms with E-state index < -0.39 is 23.7 Å². The summed E-state index contributed by atoms with van der Waals surface area (Å²) in [6, 6.07) is 16.4. The number of carbonyl (C=O) groups is 3. The minimum atomic E-state index is -1.00. The molecular weight excluding hydrogens is 449 g/mol. The van der Waals surface area contributed by atoms with Crippen molar-refractivity contribution >= 4 is 23.4 Å². The molecule has 4 rings (SSSR count). The van der Waals surface area contributed by atoms with Gasteiger partial charge in [0.2, 0.25) is 11.8 Å².